The van der Waals surface area contributed by atoms with Crippen LogP contribution in [0.15, 0.2) is 42.7 Å². The van der Waals surface area contributed by atoms with E-state index >= 15 is 0 Å². The number of likely N-dealkylation sites (tertiary alicyclic amines) is 1. The van der Waals surface area contributed by atoms with Gasteiger partial charge >= 0.3 is 0 Å². The Hall–Kier alpha value is -1.81. The van der Waals surface area contributed by atoms with E-state index in [0.717, 1.165) is 24.1 Å². The van der Waals surface area contributed by atoms with Gasteiger partial charge in [0.05, 0.1) is 0 Å². The Kier molecular flexibility index (Phi) is 4.55. The number of benzene rings is 1. The summed E-state index contributed by atoms with van der Waals surface area (Å²) >= 11 is 0. The van der Waals surface area contributed by atoms with Gasteiger partial charge < -0.3 is 14.8 Å². The van der Waals surface area contributed by atoms with E-state index in [0.29, 0.717) is 0 Å². The molecule has 1 aromatic carbocycles. The van der Waals surface area contributed by atoms with Crippen LogP contribution in [-0.2, 0) is 6.54 Å². The van der Waals surface area contributed by atoms with Crippen LogP contribution < -0.4 is 5.32 Å². The van der Waals surface area contributed by atoms with E-state index in [1.165, 1.54) is 32.4 Å². The lowest BCUT2D eigenvalue weighted by Gasteiger charge is -2.29. The minimum absolute atomic E-state index is 0.855. The number of aromatic nitrogens is 2. The fourth-order valence-corrected chi connectivity index (χ4v) is 2.94. The maximum atomic E-state index is 4.43. The first kappa shape index (κ1) is 14.1. The second-order valence-electron chi connectivity index (χ2n) is 5.97. The van der Waals surface area contributed by atoms with E-state index in [1.807, 2.05) is 24.4 Å². The minimum atomic E-state index is 0.855. The Bertz CT molecular complexity index is 541. The summed E-state index contributed by atoms with van der Waals surface area (Å²) in [6.07, 6.45) is 7.84. The van der Waals surface area contributed by atoms with Crippen molar-refractivity contribution < 1.29 is 0 Å². The van der Waals surface area contributed by atoms with Crippen LogP contribution in [0, 0.1) is 5.92 Å². The van der Waals surface area contributed by atoms with Gasteiger partial charge in [0.1, 0.15) is 0 Å². The normalized spacial score (nSPS) is 17.0. The van der Waals surface area contributed by atoms with Crippen molar-refractivity contribution in [3.05, 3.63) is 42.7 Å². The van der Waals surface area contributed by atoms with Crippen LogP contribution in [0.1, 0.15) is 19.3 Å². The number of imidazole rings is 1. The van der Waals surface area contributed by atoms with E-state index in [-0.39, 0.29) is 0 Å². The highest BCUT2D eigenvalue weighted by atomic mass is 15.2. The number of piperidine rings is 1. The van der Waals surface area contributed by atoms with Gasteiger partial charge in [-0.1, -0.05) is 18.2 Å². The lowest BCUT2D eigenvalue weighted by atomic mass is 9.94. The third-order valence-electron chi connectivity index (χ3n) is 4.36. The van der Waals surface area contributed by atoms with Crippen LogP contribution in [0.2, 0.25) is 0 Å². The Morgan fingerprint density at radius 2 is 1.95 bits per heavy atom. The number of aryl methyl sites for hydroxylation is 1. The second-order valence-corrected chi connectivity index (χ2v) is 5.97. The molecule has 1 aliphatic rings. The number of para-hydroxylation sites is 1. The van der Waals surface area contributed by atoms with E-state index in [2.05, 4.69) is 45.1 Å². The van der Waals surface area contributed by atoms with Gasteiger partial charge in [-0.2, -0.15) is 0 Å². The maximum absolute atomic E-state index is 4.43. The quantitative estimate of drug-likeness (QED) is 0.914. The molecule has 0 amide bonds. The third kappa shape index (κ3) is 3.85. The molecular weight excluding hydrogens is 260 g/mol. The van der Waals surface area contributed by atoms with Crippen LogP contribution in [-0.4, -0.2) is 34.6 Å². The van der Waals surface area contributed by atoms with Crippen molar-refractivity contribution in [3.8, 4) is 0 Å². The maximum Gasteiger partial charge on any atom is 0.207 e. The number of anilines is 2. The van der Waals surface area contributed by atoms with E-state index in [1.54, 1.807) is 0 Å². The Morgan fingerprint density at radius 1 is 1.19 bits per heavy atom. The first-order chi connectivity index (χ1) is 10.3. The molecule has 0 atom stereocenters. The highest BCUT2D eigenvalue weighted by molar-refractivity contribution is 5.52. The molecule has 1 fully saturated rings. The van der Waals surface area contributed by atoms with Crippen LogP contribution in [0.4, 0.5) is 11.6 Å². The van der Waals surface area contributed by atoms with Crippen LogP contribution in [0.5, 0.6) is 0 Å². The summed E-state index contributed by atoms with van der Waals surface area (Å²) in [5, 5.41) is 3.39. The lowest BCUT2D eigenvalue weighted by Crippen LogP contribution is -2.30. The zero-order valence-corrected chi connectivity index (χ0v) is 12.7. The van der Waals surface area contributed by atoms with Crippen LogP contribution in [0.3, 0.4) is 0 Å². The fraction of sp³-hybridized carbons (Fsp3) is 0.471. The molecule has 0 bridgehead atoms. The highest BCUT2D eigenvalue weighted by Crippen LogP contribution is 2.21. The van der Waals surface area contributed by atoms with Gasteiger partial charge in [-0.05, 0) is 57.5 Å². The Morgan fingerprint density at radius 3 is 2.71 bits per heavy atom. The minimum Gasteiger partial charge on any atom is -0.326 e. The first-order valence-corrected chi connectivity index (χ1v) is 7.83. The summed E-state index contributed by atoms with van der Waals surface area (Å²) in [4.78, 5) is 6.86. The largest absolute Gasteiger partial charge is 0.326 e. The summed E-state index contributed by atoms with van der Waals surface area (Å²) in [7, 11) is 2.22. The Balaban J connectivity index is 1.56. The summed E-state index contributed by atoms with van der Waals surface area (Å²) in [5.41, 5.74) is 1.09. The van der Waals surface area contributed by atoms with Gasteiger partial charge in [0.25, 0.3) is 0 Å². The van der Waals surface area contributed by atoms with E-state index in [4.69, 9.17) is 0 Å². The van der Waals surface area contributed by atoms with Crippen molar-refractivity contribution in [2.24, 2.45) is 5.92 Å². The molecule has 4 heteroatoms. The molecular formula is C17H24N4. The molecule has 4 nitrogen and oxygen atoms in total. The number of rotatable bonds is 5. The summed E-state index contributed by atoms with van der Waals surface area (Å²) in [5.74, 6) is 1.79. The van der Waals surface area contributed by atoms with Crippen molar-refractivity contribution in [3.63, 3.8) is 0 Å². The summed E-state index contributed by atoms with van der Waals surface area (Å²) in [6.45, 7) is 3.52. The first-order valence-electron chi connectivity index (χ1n) is 7.83. The molecule has 2 aromatic rings. The number of hydrogen-bond acceptors (Lipinski definition) is 3. The van der Waals surface area contributed by atoms with Gasteiger partial charge in [0, 0.05) is 24.6 Å². The molecule has 1 saturated heterocycles. The zero-order chi connectivity index (χ0) is 14.5. The highest BCUT2D eigenvalue weighted by Gasteiger charge is 2.16. The van der Waals surface area contributed by atoms with E-state index < -0.39 is 0 Å². The van der Waals surface area contributed by atoms with Gasteiger partial charge in [-0.25, -0.2) is 4.98 Å². The molecule has 3 rings (SSSR count). The predicted octanol–water partition coefficient (Wildman–Crippen LogP) is 3.36. The molecule has 0 unspecified atom stereocenters. The lowest BCUT2D eigenvalue weighted by molar-refractivity contribution is 0.208. The number of nitrogens with zero attached hydrogens (tertiary/aromatic N) is 3. The standard InChI is InChI=1S/C17H24N4/c1-20-11-7-15(8-12-20)9-13-21-14-10-18-17(21)19-16-5-3-2-4-6-16/h2-6,10,14-15H,7-9,11-13H2,1H3,(H,18,19). The topological polar surface area (TPSA) is 33.1 Å². The molecule has 21 heavy (non-hydrogen) atoms. The van der Waals surface area contributed by atoms with Crippen molar-refractivity contribution >= 4 is 11.6 Å². The predicted molar refractivity (Wildman–Crippen MR) is 86.8 cm³/mol. The fourth-order valence-electron chi connectivity index (χ4n) is 2.94. The van der Waals surface area contributed by atoms with Crippen LogP contribution in [0.25, 0.3) is 0 Å². The number of nitrogens with one attached hydrogen (secondary N) is 1. The molecule has 1 aliphatic heterocycles. The molecule has 2 heterocycles. The van der Waals surface area contributed by atoms with Gasteiger partial charge in [0.15, 0.2) is 0 Å². The average Bonchev–Trinajstić information content (AvgIpc) is 2.95. The molecule has 0 spiro atoms. The molecule has 0 saturated carbocycles. The summed E-state index contributed by atoms with van der Waals surface area (Å²) < 4.78 is 2.23. The van der Waals surface area contributed by atoms with Gasteiger partial charge in [-0.3, -0.25) is 0 Å². The van der Waals surface area contributed by atoms with Crippen molar-refractivity contribution in [1.82, 2.24) is 14.5 Å². The Labute approximate surface area is 126 Å². The smallest absolute Gasteiger partial charge is 0.207 e. The molecule has 112 valence electrons. The van der Waals surface area contributed by atoms with Gasteiger partial charge in [-0.15, -0.1) is 0 Å². The monoisotopic (exact) mass is 284 g/mol. The number of hydrogen-bond donors (Lipinski definition) is 1. The van der Waals surface area contributed by atoms with Gasteiger partial charge in [0.2, 0.25) is 5.95 Å². The summed E-state index contributed by atoms with van der Waals surface area (Å²) in [6, 6.07) is 10.2. The van der Waals surface area contributed by atoms with Crippen molar-refractivity contribution in [2.75, 3.05) is 25.5 Å². The second kappa shape index (κ2) is 6.76. The zero-order valence-electron chi connectivity index (χ0n) is 12.7. The SMILES string of the molecule is CN1CCC(CCn2ccnc2Nc2ccccc2)CC1. The van der Waals surface area contributed by atoms with Crippen molar-refractivity contribution in [1.29, 1.82) is 0 Å². The molecule has 1 aromatic heterocycles. The molecule has 1 N–H and O–H groups in total. The molecule has 0 radical (unpaired) electrons. The molecule has 0 aliphatic carbocycles. The third-order valence-corrected chi connectivity index (χ3v) is 4.36. The van der Waals surface area contributed by atoms with E-state index in [9.17, 15) is 0 Å². The average molecular weight is 284 g/mol. The van der Waals surface area contributed by atoms with Crippen molar-refractivity contribution in [2.45, 2.75) is 25.8 Å². The van der Waals surface area contributed by atoms with Crippen LogP contribution >= 0.6 is 0 Å².